The van der Waals surface area contributed by atoms with E-state index >= 15 is 0 Å². The van der Waals surface area contributed by atoms with E-state index in [1.807, 2.05) is 16.8 Å². The molecule has 0 aliphatic heterocycles. The molecule has 3 fully saturated rings. The van der Waals surface area contributed by atoms with Crippen LogP contribution in [0.4, 0.5) is 10.2 Å². The maximum absolute atomic E-state index is 13.9. The van der Waals surface area contributed by atoms with E-state index < -0.39 is 17.7 Å². The summed E-state index contributed by atoms with van der Waals surface area (Å²) in [6.45, 7) is 0. The zero-order valence-electron chi connectivity index (χ0n) is 16.6. The van der Waals surface area contributed by atoms with Gasteiger partial charge in [0.05, 0.1) is 18.3 Å². The standard InChI is InChI=1S/C22H21FN6O2/c23-13-7-14-15(9-26-20(14)25-8-13)19-21-24-5-6-29(21)10-16(28-19)27-18-12-3-1-11(2-4-12)17(18)22(30)31/h5-12,17-18,27H,1-4H2,(H,25,26)(H,30,31)/t11?,12?,17-,18?/m0/s1. The number of carbonyl (C=O) groups is 1. The van der Waals surface area contributed by atoms with Gasteiger partial charge in [-0.15, -0.1) is 0 Å². The number of fused-ring (bicyclic) bond motifs is 5. The first-order valence-corrected chi connectivity index (χ1v) is 10.5. The van der Waals surface area contributed by atoms with Crippen molar-refractivity contribution in [3.8, 4) is 11.3 Å². The lowest BCUT2D eigenvalue weighted by molar-refractivity contribution is -0.148. The van der Waals surface area contributed by atoms with Crippen molar-refractivity contribution in [1.29, 1.82) is 0 Å². The molecular formula is C22H21FN6O2. The normalized spacial score (nSPS) is 25.3. The maximum Gasteiger partial charge on any atom is 0.308 e. The fourth-order valence-corrected chi connectivity index (χ4v) is 5.54. The first-order valence-electron chi connectivity index (χ1n) is 10.5. The SMILES string of the molecule is O=C(O)[C@H]1C2CCC(CC2)C1Nc1cn2ccnc2c(-c2c[nH]c3ncc(F)cc23)n1. The van der Waals surface area contributed by atoms with E-state index in [2.05, 4.69) is 20.3 Å². The summed E-state index contributed by atoms with van der Waals surface area (Å²) in [5, 5.41) is 13.9. The van der Waals surface area contributed by atoms with Gasteiger partial charge in [0.25, 0.3) is 0 Å². The van der Waals surface area contributed by atoms with Gasteiger partial charge in [0.2, 0.25) is 0 Å². The molecule has 3 N–H and O–H groups in total. The number of rotatable bonds is 4. The van der Waals surface area contributed by atoms with E-state index in [0.717, 1.165) is 25.7 Å². The van der Waals surface area contributed by atoms with Crippen LogP contribution in [0.15, 0.2) is 37.1 Å². The van der Waals surface area contributed by atoms with Crippen molar-refractivity contribution < 1.29 is 14.3 Å². The predicted molar refractivity (Wildman–Crippen MR) is 112 cm³/mol. The summed E-state index contributed by atoms with van der Waals surface area (Å²) < 4.78 is 15.7. The van der Waals surface area contributed by atoms with Gasteiger partial charge in [0, 0.05) is 35.6 Å². The molecule has 1 unspecified atom stereocenters. The molecule has 2 bridgehead atoms. The summed E-state index contributed by atoms with van der Waals surface area (Å²) in [6, 6.07) is 1.27. The number of nitrogens with zero attached hydrogens (tertiary/aromatic N) is 4. The maximum atomic E-state index is 13.9. The van der Waals surface area contributed by atoms with E-state index in [1.54, 1.807) is 12.4 Å². The van der Waals surface area contributed by atoms with E-state index in [9.17, 15) is 14.3 Å². The lowest BCUT2D eigenvalue weighted by Crippen LogP contribution is -2.51. The highest BCUT2D eigenvalue weighted by atomic mass is 19.1. The number of aliphatic carboxylic acids is 1. The van der Waals surface area contributed by atoms with Gasteiger partial charge in [0.1, 0.15) is 23.0 Å². The van der Waals surface area contributed by atoms with Crippen molar-refractivity contribution in [2.24, 2.45) is 17.8 Å². The molecule has 0 aromatic carbocycles. The molecule has 8 nitrogen and oxygen atoms in total. The van der Waals surface area contributed by atoms with Gasteiger partial charge >= 0.3 is 5.97 Å². The third-order valence-electron chi connectivity index (χ3n) is 6.95. The number of hydrogen-bond donors (Lipinski definition) is 3. The number of hydrogen-bond acceptors (Lipinski definition) is 5. The zero-order valence-corrected chi connectivity index (χ0v) is 16.6. The Morgan fingerprint density at radius 3 is 2.84 bits per heavy atom. The zero-order chi connectivity index (χ0) is 21.1. The molecule has 31 heavy (non-hydrogen) atoms. The fourth-order valence-electron chi connectivity index (χ4n) is 5.54. The minimum Gasteiger partial charge on any atom is -0.481 e. The third kappa shape index (κ3) is 2.87. The minimum atomic E-state index is -0.742. The predicted octanol–water partition coefficient (Wildman–Crippen LogP) is 3.71. The van der Waals surface area contributed by atoms with Gasteiger partial charge in [-0.2, -0.15) is 0 Å². The molecule has 4 aromatic rings. The number of H-pyrrole nitrogens is 1. The van der Waals surface area contributed by atoms with Gasteiger partial charge in [-0.1, -0.05) is 0 Å². The van der Waals surface area contributed by atoms with E-state index in [0.29, 0.717) is 39.7 Å². The van der Waals surface area contributed by atoms with Crippen LogP contribution in [0.25, 0.3) is 27.9 Å². The monoisotopic (exact) mass is 420 g/mol. The Labute approximate surface area is 176 Å². The van der Waals surface area contributed by atoms with Crippen LogP contribution in [0.2, 0.25) is 0 Å². The van der Waals surface area contributed by atoms with Crippen molar-refractivity contribution in [1.82, 2.24) is 24.3 Å². The van der Waals surface area contributed by atoms with Crippen LogP contribution in [-0.4, -0.2) is 41.5 Å². The van der Waals surface area contributed by atoms with E-state index in [-0.39, 0.29) is 12.0 Å². The van der Waals surface area contributed by atoms with Crippen molar-refractivity contribution in [2.45, 2.75) is 31.7 Å². The second-order valence-electron chi connectivity index (χ2n) is 8.59. The van der Waals surface area contributed by atoms with Crippen molar-refractivity contribution in [2.75, 3.05) is 5.32 Å². The Morgan fingerprint density at radius 2 is 2.03 bits per heavy atom. The molecule has 2 atom stereocenters. The lowest BCUT2D eigenvalue weighted by Gasteiger charge is -2.47. The first-order chi connectivity index (χ1) is 15.1. The number of anilines is 1. The molecule has 0 radical (unpaired) electrons. The second-order valence-corrected chi connectivity index (χ2v) is 8.59. The molecule has 0 spiro atoms. The van der Waals surface area contributed by atoms with Crippen molar-refractivity contribution in [3.05, 3.63) is 42.9 Å². The molecular weight excluding hydrogens is 399 g/mol. The van der Waals surface area contributed by atoms with E-state index in [4.69, 9.17) is 4.98 Å². The summed E-state index contributed by atoms with van der Waals surface area (Å²) in [4.78, 5) is 28.4. The van der Waals surface area contributed by atoms with Crippen LogP contribution in [-0.2, 0) is 4.79 Å². The molecule has 7 rings (SSSR count). The van der Waals surface area contributed by atoms with Crippen molar-refractivity contribution in [3.63, 3.8) is 0 Å². The topological polar surface area (TPSA) is 108 Å². The number of aromatic nitrogens is 5. The highest BCUT2D eigenvalue weighted by Gasteiger charge is 2.47. The number of halogens is 1. The molecule has 4 aromatic heterocycles. The third-order valence-corrected chi connectivity index (χ3v) is 6.95. The summed E-state index contributed by atoms with van der Waals surface area (Å²) in [5.41, 5.74) is 2.48. The molecule has 3 saturated carbocycles. The first kappa shape index (κ1) is 18.3. The summed E-state index contributed by atoms with van der Waals surface area (Å²) in [7, 11) is 0. The Balaban J connectivity index is 1.45. The molecule has 3 aliphatic carbocycles. The minimum absolute atomic E-state index is 0.159. The molecule has 158 valence electrons. The summed E-state index contributed by atoms with van der Waals surface area (Å²) in [6.07, 6.45) is 12.3. The lowest BCUT2D eigenvalue weighted by atomic mass is 9.61. The number of carboxylic acids is 1. The largest absolute Gasteiger partial charge is 0.481 e. The Morgan fingerprint density at radius 1 is 1.23 bits per heavy atom. The van der Waals surface area contributed by atoms with Crippen LogP contribution in [0.1, 0.15) is 25.7 Å². The fraction of sp³-hybridized carbons (Fsp3) is 0.364. The van der Waals surface area contributed by atoms with Crippen LogP contribution in [0, 0.1) is 23.6 Å². The van der Waals surface area contributed by atoms with Crippen LogP contribution in [0.5, 0.6) is 0 Å². The molecule has 0 amide bonds. The van der Waals surface area contributed by atoms with Crippen LogP contribution < -0.4 is 5.32 Å². The van der Waals surface area contributed by atoms with Gasteiger partial charge in [-0.25, -0.2) is 19.3 Å². The number of nitrogens with one attached hydrogen (secondary N) is 2. The van der Waals surface area contributed by atoms with Gasteiger partial charge in [-0.05, 0) is 43.6 Å². The van der Waals surface area contributed by atoms with Gasteiger partial charge in [0.15, 0.2) is 5.65 Å². The Kier molecular flexibility index (Phi) is 3.99. The molecule has 4 heterocycles. The average molecular weight is 420 g/mol. The Hall–Kier alpha value is -3.49. The second kappa shape index (κ2) is 6.76. The number of pyridine rings is 1. The quantitative estimate of drug-likeness (QED) is 0.464. The summed E-state index contributed by atoms with van der Waals surface area (Å²) in [5.74, 6) is -0.468. The average Bonchev–Trinajstić information content (AvgIpc) is 3.40. The van der Waals surface area contributed by atoms with Crippen molar-refractivity contribution >= 4 is 28.5 Å². The summed E-state index contributed by atoms with van der Waals surface area (Å²) >= 11 is 0. The highest BCUT2D eigenvalue weighted by molar-refractivity contribution is 5.96. The van der Waals surface area contributed by atoms with Gasteiger partial charge < -0.3 is 19.8 Å². The molecule has 3 aliphatic rings. The number of carboxylic acid groups (broad SMARTS) is 1. The van der Waals surface area contributed by atoms with Crippen LogP contribution in [0.3, 0.4) is 0 Å². The van der Waals surface area contributed by atoms with Gasteiger partial charge in [-0.3, -0.25) is 4.79 Å². The van der Waals surface area contributed by atoms with E-state index in [1.165, 1.54) is 12.3 Å². The molecule has 9 heteroatoms. The smallest absolute Gasteiger partial charge is 0.308 e. The molecule has 0 saturated heterocycles. The highest BCUT2D eigenvalue weighted by Crippen LogP contribution is 2.46. The Bertz CT molecular complexity index is 1310. The van der Waals surface area contributed by atoms with Crippen LogP contribution >= 0.6 is 0 Å². The number of imidazole rings is 1. The number of aromatic amines is 1.